The van der Waals surface area contributed by atoms with Crippen LogP contribution in [0.25, 0.3) is 0 Å². The minimum Gasteiger partial charge on any atom is -0.343 e. The second-order valence-corrected chi connectivity index (χ2v) is 3.57. The normalized spacial score (nSPS) is 10.2. The predicted molar refractivity (Wildman–Crippen MR) is 51.2 cm³/mol. The lowest BCUT2D eigenvalue weighted by molar-refractivity contribution is 0.411. The fraction of sp³-hybridized carbons (Fsp3) is 0.111. The molecule has 66 valence electrons. The third-order valence-corrected chi connectivity index (χ3v) is 2.21. The zero-order valence-electron chi connectivity index (χ0n) is 6.77. The third-order valence-electron chi connectivity index (χ3n) is 1.68. The fourth-order valence-corrected chi connectivity index (χ4v) is 1.32. The van der Waals surface area contributed by atoms with Crippen LogP contribution in [0.2, 0.25) is 0 Å². The molecule has 0 radical (unpaired) electrons. The summed E-state index contributed by atoms with van der Waals surface area (Å²) in [5, 5.41) is 3.74. The van der Waals surface area contributed by atoms with Crippen LogP contribution >= 0.6 is 15.9 Å². The Hall–Kier alpha value is -1.16. The molecule has 13 heavy (non-hydrogen) atoms. The molecule has 1 heterocycles. The van der Waals surface area contributed by atoms with Crippen LogP contribution in [0.5, 0.6) is 0 Å². The Kier molecular flexibility index (Phi) is 2.40. The first-order valence-corrected chi connectivity index (χ1v) is 4.63. The van der Waals surface area contributed by atoms with Gasteiger partial charge in [0, 0.05) is 10.9 Å². The van der Waals surface area contributed by atoms with Crippen molar-refractivity contribution in [1.29, 1.82) is 0 Å². The van der Waals surface area contributed by atoms with Gasteiger partial charge in [-0.2, -0.15) is 4.98 Å². The minimum absolute atomic E-state index is 0.710. The number of hydrogen-bond donors (Lipinski definition) is 0. The van der Waals surface area contributed by atoms with Crippen molar-refractivity contribution >= 4 is 15.9 Å². The van der Waals surface area contributed by atoms with E-state index in [9.17, 15) is 0 Å². The van der Waals surface area contributed by atoms with Crippen LogP contribution in [0.3, 0.4) is 0 Å². The van der Waals surface area contributed by atoms with Crippen molar-refractivity contribution in [2.45, 2.75) is 6.42 Å². The van der Waals surface area contributed by atoms with Gasteiger partial charge >= 0.3 is 0 Å². The highest BCUT2D eigenvalue weighted by atomic mass is 79.9. The van der Waals surface area contributed by atoms with Gasteiger partial charge < -0.3 is 4.52 Å². The van der Waals surface area contributed by atoms with Crippen molar-refractivity contribution in [1.82, 2.24) is 10.1 Å². The van der Waals surface area contributed by atoms with E-state index in [0.717, 1.165) is 4.47 Å². The number of halogens is 1. The number of aromatic nitrogens is 2. The first kappa shape index (κ1) is 8.44. The number of nitrogens with zero attached hydrogens (tertiary/aromatic N) is 2. The largest absolute Gasteiger partial charge is 0.343 e. The van der Waals surface area contributed by atoms with E-state index in [1.807, 2.05) is 24.3 Å². The van der Waals surface area contributed by atoms with Crippen LogP contribution in [0.4, 0.5) is 0 Å². The lowest BCUT2D eigenvalue weighted by atomic mass is 10.1. The summed E-state index contributed by atoms with van der Waals surface area (Å²) in [6, 6.07) is 8.05. The summed E-state index contributed by atoms with van der Waals surface area (Å²) >= 11 is 3.37. The van der Waals surface area contributed by atoms with Crippen molar-refractivity contribution in [3.05, 3.63) is 46.5 Å². The summed E-state index contributed by atoms with van der Waals surface area (Å²) in [7, 11) is 0. The highest BCUT2D eigenvalue weighted by Crippen LogP contribution is 2.12. The van der Waals surface area contributed by atoms with E-state index >= 15 is 0 Å². The van der Waals surface area contributed by atoms with E-state index in [1.54, 1.807) is 0 Å². The Morgan fingerprint density at radius 1 is 1.23 bits per heavy atom. The summed E-state index contributed by atoms with van der Waals surface area (Å²) in [6.07, 6.45) is 2.05. The molecule has 1 aromatic carbocycles. The summed E-state index contributed by atoms with van der Waals surface area (Å²) in [5.74, 6) is 0.710. The number of rotatable bonds is 2. The van der Waals surface area contributed by atoms with E-state index in [4.69, 9.17) is 0 Å². The van der Waals surface area contributed by atoms with Crippen LogP contribution in [-0.2, 0) is 6.42 Å². The van der Waals surface area contributed by atoms with E-state index < -0.39 is 0 Å². The Balaban J connectivity index is 2.15. The van der Waals surface area contributed by atoms with E-state index in [1.165, 1.54) is 12.0 Å². The molecule has 3 nitrogen and oxygen atoms in total. The molecule has 0 aliphatic rings. The molecular weight excluding hydrogens is 232 g/mol. The molecule has 0 unspecified atom stereocenters. The van der Waals surface area contributed by atoms with Crippen LogP contribution in [0.1, 0.15) is 11.4 Å². The lowest BCUT2D eigenvalue weighted by Gasteiger charge is -1.95. The Morgan fingerprint density at radius 3 is 2.62 bits per heavy atom. The average molecular weight is 239 g/mol. The van der Waals surface area contributed by atoms with Crippen molar-refractivity contribution < 1.29 is 4.52 Å². The zero-order chi connectivity index (χ0) is 9.10. The van der Waals surface area contributed by atoms with Crippen molar-refractivity contribution in [2.24, 2.45) is 0 Å². The van der Waals surface area contributed by atoms with E-state index in [0.29, 0.717) is 12.2 Å². The molecule has 0 aliphatic carbocycles. The van der Waals surface area contributed by atoms with E-state index in [2.05, 4.69) is 30.6 Å². The monoisotopic (exact) mass is 238 g/mol. The maximum atomic E-state index is 4.64. The maximum absolute atomic E-state index is 4.64. The molecule has 0 saturated heterocycles. The van der Waals surface area contributed by atoms with E-state index in [-0.39, 0.29) is 0 Å². The molecule has 0 atom stereocenters. The molecule has 0 spiro atoms. The molecular formula is C9H7BrN2O. The molecule has 2 aromatic rings. The quantitative estimate of drug-likeness (QED) is 0.807. The van der Waals surface area contributed by atoms with Gasteiger partial charge in [0.2, 0.25) is 6.39 Å². The number of benzene rings is 1. The smallest absolute Gasteiger partial charge is 0.213 e. The highest BCUT2D eigenvalue weighted by molar-refractivity contribution is 9.10. The third kappa shape index (κ3) is 2.15. The van der Waals surface area contributed by atoms with Crippen LogP contribution < -0.4 is 0 Å². The predicted octanol–water partition coefficient (Wildman–Crippen LogP) is 2.42. The van der Waals surface area contributed by atoms with Gasteiger partial charge in [-0.1, -0.05) is 33.2 Å². The Bertz CT molecular complexity index is 369. The van der Waals surface area contributed by atoms with Gasteiger partial charge in [0.05, 0.1) is 0 Å². The van der Waals surface area contributed by atoms with Gasteiger partial charge in [0.25, 0.3) is 0 Å². The number of hydrogen-bond acceptors (Lipinski definition) is 3. The van der Waals surface area contributed by atoms with Crippen molar-refractivity contribution in [3.63, 3.8) is 0 Å². The average Bonchev–Trinajstić information content (AvgIpc) is 2.62. The van der Waals surface area contributed by atoms with Gasteiger partial charge in [-0.15, -0.1) is 0 Å². The molecule has 0 saturated carbocycles. The molecule has 4 heteroatoms. The lowest BCUT2D eigenvalue weighted by Crippen LogP contribution is -1.89. The molecule has 1 aromatic heterocycles. The maximum Gasteiger partial charge on any atom is 0.213 e. The summed E-state index contributed by atoms with van der Waals surface area (Å²) in [4.78, 5) is 3.94. The standard InChI is InChI=1S/C9H7BrN2O/c10-8-3-1-7(2-4-8)5-9-11-6-13-12-9/h1-4,6H,5H2. The summed E-state index contributed by atoms with van der Waals surface area (Å²) < 4.78 is 5.71. The first-order chi connectivity index (χ1) is 6.34. The van der Waals surface area contributed by atoms with Gasteiger partial charge in [-0.05, 0) is 17.7 Å². The molecule has 0 N–H and O–H groups in total. The zero-order valence-corrected chi connectivity index (χ0v) is 8.36. The molecule has 0 fully saturated rings. The topological polar surface area (TPSA) is 38.9 Å². The van der Waals surface area contributed by atoms with Crippen molar-refractivity contribution in [2.75, 3.05) is 0 Å². The van der Waals surface area contributed by atoms with Crippen LogP contribution in [-0.4, -0.2) is 10.1 Å². The summed E-state index contributed by atoms with van der Waals surface area (Å²) in [5.41, 5.74) is 1.17. The molecule has 0 bridgehead atoms. The van der Waals surface area contributed by atoms with Crippen LogP contribution in [0, 0.1) is 0 Å². The molecule has 0 aliphatic heterocycles. The summed E-state index contributed by atoms with van der Waals surface area (Å²) in [6.45, 7) is 0. The molecule has 2 rings (SSSR count). The second kappa shape index (κ2) is 3.70. The minimum atomic E-state index is 0.710. The van der Waals surface area contributed by atoms with Gasteiger partial charge in [0.15, 0.2) is 5.82 Å². The van der Waals surface area contributed by atoms with Gasteiger partial charge in [0.1, 0.15) is 0 Å². The highest BCUT2D eigenvalue weighted by Gasteiger charge is 1.99. The fourth-order valence-electron chi connectivity index (χ4n) is 1.06. The van der Waals surface area contributed by atoms with Crippen molar-refractivity contribution in [3.8, 4) is 0 Å². The van der Waals surface area contributed by atoms with Crippen LogP contribution in [0.15, 0.2) is 39.7 Å². The second-order valence-electron chi connectivity index (χ2n) is 2.65. The Morgan fingerprint density at radius 2 is 2.00 bits per heavy atom. The first-order valence-electron chi connectivity index (χ1n) is 3.84. The molecule has 0 amide bonds. The van der Waals surface area contributed by atoms with Gasteiger partial charge in [-0.25, -0.2) is 0 Å². The SMILES string of the molecule is Brc1ccc(Cc2ncon2)cc1. The van der Waals surface area contributed by atoms with Gasteiger partial charge in [-0.3, -0.25) is 0 Å². The Labute approximate surface area is 83.9 Å².